The van der Waals surface area contributed by atoms with Gasteiger partial charge < -0.3 is 10.1 Å². The molecule has 0 saturated carbocycles. The molecule has 0 spiro atoms. The van der Waals surface area contributed by atoms with E-state index in [2.05, 4.69) is 5.32 Å². The quantitative estimate of drug-likeness (QED) is 0.669. The fourth-order valence-electron chi connectivity index (χ4n) is 2.24. The molecule has 28 heavy (non-hydrogen) atoms. The monoisotopic (exact) mass is 412 g/mol. The molecule has 10 heteroatoms. The number of rotatable bonds is 7. The lowest BCUT2D eigenvalue weighted by atomic mass is 10.1. The van der Waals surface area contributed by atoms with E-state index >= 15 is 0 Å². The second-order valence-electron chi connectivity index (χ2n) is 5.90. The number of hydrogen-bond donors (Lipinski definition) is 2. The van der Waals surface area contributed by atoms with E-state index in [1.807, 2.05) is 0 Å². The maximum Gasteiger partial charge on any atom is 0.341 e. The molecular weight excluding hydrogens is 394 g/mol. The van der Waals surface area contributed by atoms with Gasteiger partial charge in [0.1, 0.15) is 11.6 Å². The average Bonchev–Trinajstić information content (AvgIpc) is 2.62. The fraction of sp³-hybridized carbons (Fsp3) is 0.222. The molecule has 1 atom stereocenters. The Hall–Kier alpha value is -2.85. The van der Waals surface area contributed by atoms with Gasteiger partial charge in [0.25, 0.3) is 5.91 Å². The summed E-state index contributed by atoms with van der Waals surface area (Å²) in [6, 6.07) is 8.17. The highest BCUT2D eigenvalue weighted by Crippen LogP contribution is 2.16. The first-order valence-corrected chi connectivity index (χ1v) is 9.68. The van der Waals surface area contributed by atoms with E-state index in [9.17, 15) is 26.8 Å². The molecule has 2 aromatic carbocycles. The van der Waals surface area contributed by atoms with Crippen LogP contribution in [0.1, 0.15) is 22.8 Å². The summed E-state index contributed by atoms with van der Waals surface area (Å²) in [6.45, 7) is 1.49. The first-order valence-electron chi connectivity index (χ1n) is 8.13. The third kappa shape index (κ3) is 5.83. The van der Waals surface area contributed by atoms with E-state index < -0.39 is 44.3 Å². The molecular formula is C18H18F2N2O5S. The predicted molar refractivity (Wildman–Crippen MR) is 95.8 cm³/mol. The summed E-state index contributed by atoms with van der Waals surface area (Å²) in [7, 11) is -4.14. The van der Waals surface area contributed by atoms with Crippen molar-refractivity contribution in [1.82, 2.24) is 5.32 Å². The number of primary sulfonamides is 1. The minimum atomic E-state index is -4.14. The van der Waals surface area contributed by atoms with E-state index in [0.29, 0.717) is 6.42 Å². The third-order valence-corrected chi connectivity index (χ3v) is 4.68. The SMILES string of the molecule is C[C@H](OC(=O)c1cc(S(N)(=O)=O)ccc1F)C(=O)NCCc1ccc(F)cc1. The molecule has 150 valence electrons. The van der Waals surface area contributed by atoms with Gasteiger partial charge in [-0.15, -0.1) is 0 Å². The molecule has 0 aliphatic heterocycles. The van der Waals surface area contributed by atoms with Crippen LogP contribution in [0.2, 0.25) is 0 Å². The number of carbonyl (C=O) groups is 2. The molecule has 0 aliphatic carbocycles. The number of ether oxygens (including phenoxy) is 1. The van der Waals surface area contributed by atoms with Gasteiger partial charge >= 0.3 is 5.97 Å². The Morgan fingerprint density at radius 3 is 2.39 bits per heavy atom. The highest BCUT2D eigenvalue weighted by atomic mass is 32.2. The van der Waals surface area contributed by atoms with Gasteiger partial charge in [-0.05, 0) is 49.2 Å². The van der Waals surface area contributed by atoms with Crippen LogP contribution in [0.3, 0.4) is 0 Å². The van der Waals surface area contributed by atoms with Crippen molar-refractivity contribution in [3.63, 3.8) is 0 Å². The van der Waals surface area contributed by atoms with Crippen molar-refractivity contribution in [3.05, 3.63) is 65.2 Å². The number of benzene rings is 2. The minimum absolute atomic E-state index is 0.210. The van der Waals surface area contributed by atoms with E-state index in [0.717, 1.165) is 23.8 Å². The van der Waals surface area contributed by atoms with E-state index in [4.69, 9.17) is 9.88 Å². The van der Waals surface area contributed by atoms with Gasteiger partial charge in [-0.1, -0.05) is 12.1 Å². The number of amides is 1. The highest BCUT2D eigenvalue weighted by molar-refractivity contribution is 7.89. The number of esters is 1. The Kier molecular flexibility index (Phi) is 6.81. The molecule has 3 N–H and O–H groups in total. The van der Waals surface area contributed by atoms with Crippen LogP contribution in [-0.4, -0.2) is 32.9 Å². The van der Waals surface area contributed by atoms with Gasteiger partial charge in [0.15, 0.2) is 6.10 Å². The summed E-state index contributed by atoms with van der Waals surface area (Å²) in [6.07, 6.45) is -0.823. The van der Waals surface area contributed by atoms with Crippen LogP contribution in [0.15, 0.2) is 47.4 Å². The minimum Gasteiger partial charge on any atom is -0.449 e. The average molecular weight is 412 g/mol. The van der Waals surface area contributed by atoms with Crippen LogP contribution < -0.4 is 10.5 Å². The topological polar surface area (TPSA) is 116 Å². The first kappa shape index (κ1) is 21.5. The van der Waals surface area contributed by atoms with Crippen LogP contribution in [0.25, 0.3) is 0 Å². The summed E-state index contributed by atoms with van der Waals surface area (Å²) < 4.78 is 54.2. The molecule has 0 saturated heterocycles. The van der Waals surface area contributed by atoms with E-state index in [-0.39, 0.29) is 12.4 Å². The molecule has 0 unspecified atom stereocenters. The second kappa shape index (κ2) is 8.89. The zero-order valence-electron chi connectivity index (χ0n) is 14.8. The molecule has 0 aromatic heterocycles. The van der Waals surface area contributed by atoms with Gasteiger partial charge in [0, 0.05) is 6.54 Å². The molecule has 0 heterocycles. The van der Waals surface area contributed by atoms with Gasteiger partial charge in [-0.25, -0.2) is 27.1 Å². The number of nitrogens with two attached hydrogens (primary N) is 1. The van der Waals surface area contributed by atoms with Crippen LogP contribution >= 0.6 is 0 Å². The lowest BCUT2D eigenvalue weighted by Crippen LogP contribution is -2.37. The number of nitrogens with one attached hydrogen (secondary N) is 1. The van der Waals surface area contributed by atoms with Crippen molar-refractivity contribution < 1.29 is 31.5 Å². The van der Waals surface area contributed by atoms with Crippen molar-refractivity contribution in [2.45, 2.75) is 24.3 Å². The maximum atomic E-state index is 13.8. The second-order valence-corrected chi connectivity index (χ2v) is 7.46. The maximum absolute atomic E-state index is 13.8. The normalized spacial score (nSPS) is 12.3. The predicted octanol–water partition coefficient (Wildman–Crippen LogP) is 1.52. The molecule has 2 rings (SSSR count). The van der Waals surface area contributed by atoms with Crippen molar-refractivity contribution in [3.8, 4) is 0 Å². The third-order valence-electron chi connectivity index (χ3n) is 3.77. The summed E-state index contributed by atoms with van der Waals surface area (Å²) in [4.78, 5) is 23.6. The molecule has 0 radical (unpaired) electrons. The Labute approximate surface area is 160 Å². The number of sulfonamides is 1. The molecule has 2 aromatic rings. The zero-order chi connectivity index (χ0) is 20.9. The lowest BCUT2D eigenvalue weighted by molar-refractivity contribution is -0.129. The smallest absolute Gasteiger partial charge is 0.341 e. The standard InChI is InChI=1S/C18H18F2N2O5S/c1-11(17(23)22-9-8-12-2-4-13(19)5-3-12)27-18(24)15-10-14(28(21,25)26)6-7-16(15)20/h2-7,10-11H,8-9H2,1H3,(H,22,23)(H2,21,25,26)/t11-/m0/s1. The summed E-state index contributed by atoms with van der Waals surface area (Å²) in [5.41, 5.74) is 0.144. The van der Waals surface area contributed by atoms with Gasteiger partial charge in [-0.2, -0.15) is 0 Å². The van der Waals surface area contributed by atoms with Gasteiger partial charge in [-0.3, -0.25) is 4.79 Å². The summed E-state index contributed by atoms with van der Waals surface area (Å²) >= 11 is 0. The Bertz CT molecular complexity index is 978. The molecule has 1 amide bonds. The fourth-order valence-corrected chi connectivity index (χ4v) is 2.78. The number of halogens is 2. The van der Waals surface area contributed by atoms with Crippen LogP contribution in [-0.2, 0) is 26.0 Å². The molecule has 0 bridgehead atoms. The largest absolute Gasteiger partial charge is 0.449 e. The van der Waals surface area contributed by atoms with Crippen molar-refractivity contribution in [1.29, 1.82) is 0 Å². The van der Waals surface area contributed by atoms with Gasteiger partial charge in [0.2, 0.25) is 10.0 Å². The zero-order valence-corrected chi connectivity index (χ0v) is 15.6. The van der Waals surface area contributed by atoms with Crippen LogP contribution in [0.5, 0.6) is 0 Å². The highest BCUT2D eigenvalue weighted by Gasteiger charge is 2.22. The van der Waals surface area contributed by atoms with Crippen molar-refractivity contribution in [2.24, 2.45) is 5.14 Å². The summed E-state index contributed by atoms with van der Waals surface area (Å²) in [5, 5.41) is 7.48. The van der Waals surface area contributed by atoms with Gasteiger partial charge in [0.05, 0.1) is 10.5 Å². The van der Waals surface area contributed by atoms with Crippen LogP contribution in [0.4, 0.5) is 8.78 Å². The Morgan fingerprint density at radius 1 is 1.14 bits per heavy atom. The number of hydrogen-bond acceptors (Lipinski definition) is 5. The summed E-state index contributed by atoms with van der Waals surface area (Å²) in [5.74, 6) is -3.21. The number of carbonyl (C=O) groups excluding carboxylic acids is 2. The van der Waals surface area contributed by atoms with Crippen LogP contribution in [0, 0.1) is 11.6 Å². The lowest BCUT2D eigenvalue weighted by Gasteiger charge is -2.14. The van der Waals surface area contributed by atoms with Crippen molar-refractivity contribution in [2.75, 3.05) is 6.54 Å². The van der Waals surface area contributed by atoms with E-state index in [1.165, 1.54) is 19.1 Å². The van der Waals surface area contributed by atoms with Crippen molar-refractivity contribution >= 4 is 21.9 Å². The molecule has 0 fully saturated rings. The molecule has 7 nitrogen and oxygen atoms in total. The first-order chi connectivity index (χ1) is 13.1. The van der Waals surface area contributed by atoms with E-state index in [1.54, 1.807) is 12.1 Å². The Morgan fingerprint density at radius 2 is 1.79 bits per heavy atom. The molecule has 0 aliphatic rings. The Balaban J connectivity index is 1.94.